The van der Waals surface area contributed by atoms with Crippen molar-refractivity contribution in [3.8, 4) is 11.9 Å². The zero-order valence-corrected chi connectivity index (χ0v) is 12.7. The van der Waals surface area contributed by atoms with Crippen LogP contribution in [0.1, 0.15) is 28.8 Å². The van der Waals surface area contributed by atoms with Crippen molar-refractivity contribution in [3.05, 3.63) is 59.8 Å². The van der Waals surface area contributed by atoms with Gasteiger partial charge in [0.05, 0.1) is 18.2 Å². The van der Waals surface area contributed by atoms with Crippen LogP contribution in [-0.2, 0) is 0 Å². The minimum Gasteiger partial charge on any atom is -0.472 e. The molecule has 3 rings (SSSR count). The van der Waals surface area contributed by atoms with Crippen molar-refractivity contribution < 1.29 is 9.53 Å². The molecule has 0 radical (unpaired) electrons. The predicted octanol–water partition coefficient (Wildman–Crippen LogP) is 2.64. The number of amides is 1. The first kappa shape index (κ1) is 15.0. The van der Waals surface area contributed by atoms with Gasteiger partial charge in [-0.1, -0.05) is 18.2 Å². The highest BCUT2D eigenvalue weighted by Crippen LogP contribution is 2.19. The summed E-state index contributed by atoms with van der Waals surface area (Å²) >= 11 is 0. The summed E-state index contributed by atoms with van der Waals surface area (Å²) in [5.41, 5.74) is 1.21. The van der Waals surface area contributed by atoms with Crippen LogP contribution in [0, 0.1) is 11.3 Å². The number of rotatable bonds is 3. The van der Waals surface area contributed by atoms with Gasteiger partial charge in [-0.15, -0.1) is 0 Å². The molecule has 1 aliphatic rings. The molecule has 0 saturated carbocycles. The average molecular weight is 307 g/mol. The lowest BCUT2D eigenvalue weighted by Gasteiger charge is -2.32. The number of likely N-dealkylation sites (tertiary alicyclic amines) is 1. The van der Waals surface area contributed by atoms with Crippen molar-refractivity contribution >= 4 is 5.91 Å². The van der Waals surface area contributed by atoms with Gasteiger partial charge >= 0.3 is 0 Å². The highest BCUT2D eigenvalue weighted by molar-refractivity contribution is 5.94. The molecule has 5 nitrogen and oxygen atoms in total. The normalized spacial score (nSPS) is 17.3. The van der Waals surface area contributed by atoms with Crippen molar-refractivity contribution in [2.24, 2.45) is 0 Å². The molecule has 1 amide bonds. The molecule has 1 atom stereocenters. The largest absolute Gasteiger partial charge is 0.472 e. The fraction of sp³-hybridized carbons (Fsp3) is 0.278. The molecule has 1 fully saturated rings. The van der Waals surface area contributed by atoms with Gasteiger partial charge in [-0.3, -0.25) is 4.79 Å². The summed E-state index contributed by atoms with van der Waals surface area (Å²) < 4.78 is 5.86. The van der Waals surface area contributed by atoms with Crippen LogP contribution in [0.4, 0.5) is 0 Å². The van der Waals surface area contributed by atoms with Crippen molar-refractivity contribution in [2.75, 3.05) is 13.1 Å². The van der Waals surface area contributed by atoms with Gasteiger partial charge in [0.2, 0.25) is 5.88 Å². The third kappa shape index (κ3) is 3.67. The van der Waals surface area contributed by atoms with E-state index < -0.39 is 0 Å². The Hall–Kier alpha value is -2.87. The van der Waals surface area contributed by atoms with E-state index in [1.165, 1.54) is 0 Å². The van der Waals surface area contributed by atoms with Crippen LogP contribution in [-0.4, -0.2) is 35.0 Å². The van der Waals surface area contributed by atoms with E-state index in [9.17, 15) is 4.79 Å². The second-order valence-electron chi connectivity index (χ2n) is 5.49. The fourth-order valence-corrected chi connectivity index (χ4v) is 2.70. The van der Waals surface area contributed by atoms with E-state index in [1.54, 1.807) is 18.3 Å². The minimum absolute atomic E-state index is 0.0256. The Morgan fingerprint density at radius 3 is 2.91 bits per heavy atom. The van der Waals surface area contributed by atoms with Crippen LogP contribution in [0.5, 0.6) is 5.88 Å². The summed E-state index contributed by atoms with van der Waals surface area (Å²) in [5, 5.41) is 8.92. The molecule has 0 unspecified atom stereocenters. The van der Waals surface area contributed by atoms with E-state index >= 15 is 0 Å². The number of ether oxygens (including phenoxy) is 1. The third-order valence-corrected chi connectivity index (χ3v) is 3.84. The lowest BCUT2D eigenvalue weighted by atomic mass is 10.1. The van der Waals surface area contributed by atoms with Crippen LogP contribution < -0.4 is 4.74 Å². The molecule has 5 heteroatoms. The van der Waals surface area contributed by atoms with Crippen molar-refractivity contribution in [2.45, 2.75) is 18.9 Å². The first-order valence-electron chi connectivity index (χ1n) is 7.63. The quantitative estimate of drug-likeness (QED) is 0.874. The number of piperidine rings is 1. The second-order valence-corrected chi connectivity index (χ2v) is 5.49. The fourth-order valence-electron chi connectivity index (χ4n) is 2.70. The monoisotopic (exact) mass is 307 g/mol. The van der Waals surface area contributed by atoms with E-state index in [0.717, 1.165) is 19.4 Å². The number of hydrogen-bond acceptors (Lipinski definition) is 4. The molecule has 0 bridgehead atoms. The second kappa shape index (κ2) is 6.93. The number of carbonyl (C=O) groups excluding carboxylic acids is 1. The number of benzene rings is 1. The molecule has 116 valence electrons. The maximum absolute atomic E-state index is 12.5. The molecule has 2 heterocycles. The predicted molar refractivity (Wildman–Crippen MR) is 84.9 cm³/mol. The summed E-state index contributed by atoms with van der Waals surface area (Å²) in [4.78, 5) is 18.5. The van der Waals surface area contributed by atoms with Crippen LogP contribution in [0.3, 0.4) is 0 Å². The zero-order valence-electron chi connectivity index (χ0n) is 12.7. The highest BCUT2D eigenvalue weighted by Gasteiger charge is 2.25. The molecule has 0 spiro atoms. The van der Waals surface area contributed by atoms with Crippen molar-refractivity contribution in [1.29, 1.82) is 5.26 Å². The minimum atomic E-state index is -0.0992. The van der Waals surface area contributed by atoms with E-state index in [-0.39, 0.29) is 12.0 Å². The molecule has 1 saturated heterocycles. The first-order valence-corrected chi connectivity index (χ1v) is 7.63. The maximum atomic E-state index is 12.5. The summed E-state index contributed by atoms with van der Waals surface area (Å²) in [7, 11) is 0. The van der Waals surface area contributed by atoms with Gasteiger partial charge in [-0.25, -0.2) is 4.98 Å². The molecule has 0 N–H and O–H groups in total. The molecule has 1 aromatic heterocycles. The van der Waals surface area contributed by atoms with Crippen molar-refractivity contribution in [1.82, 2.24) is 9.88 Å². The van der Waals surface area contributed by atoms with Crippen LogP contribution in [0.25, 0.3) is 0 Å². The Morgan fingerprint density at radius 2 is 2.13 bits per heavy atom. The average Bonchev–Trinajstić information content (AvgIpc) is 2.62. The number of carbonyl (C=O) groups is 1. The lowest BCUT2D eigenvalue weighted by molar-refractivity contribution is 0.0527. The highest BCUT2D eigenvalue weighted by atomic mass is 16.5. The van der Waals surface area contributed by atoms with Gasteiger partial charge in [0.15, 0.2) is 0 Å². The summed E-state index contributed by atoms with van der Waals surface area (Å²) in [6, 6.07) is 14.6. The molecular formula is C18H17N3O2. The molecule has 23 heavy (non-hydrogen) atoms. The van der Waals surface area contributed by atoms with Crippen LogP contribution >= 0.6 is 0 Å². The Morgan fingerprint density at radius 1 is 1.30 bits per heavy atom. The van der Waals surface area contributed by atoms with E-state index in [0.29, 0.717) is 23.6 Å². The third-order valence-electron chi connectivity index (χ3n) is 3.84. The Balaban J connectivity index is 1.66. The van der Waals surface area contributed by atoms with Gasteiger partial charge in [0.25, 0.3) is 5.91 Å². The standard InChI is InChI=1S/C18H17N3O2/c19-12-14-8-9-20-17(11-14)23-16-7-4-10-21(13-16)18(22)15-5-2-1-3-6-15/h1-3,5-6,8-9,11,16H,4,7,10,13H2/t16-/m1/s1. The van der Waals surface area contributed by atoms with Gasteiger partial charge in [-0.05, 0) is 31.0 Å². The Bertz CT molecular complexity index is 725. The molecular weight excluding hydrogens is 290 g/mol. The molecule has 0 aliphatic carbocycles. The van der Waals surface area contributed by atoms with Gasteiger partial charge in [-0.2, -0.15) is 5.26 Å². The van der Waals surface area contributed by atoms with E-state index in [2.05, 4.69) is 11.1 Å². The van der Waals surface area contributed by atoms with Crippen LogP contribution in [0.2, 0.25) is 0 Å². The van der Waals surface area contributed by atoms with Crippen molar-refractivity contribution in [3.63, 3.8) is 0 Å². The molecule has 1 aliphatic heterocycles. The molecule has 1 aromatic carbocycles. The Labute approximate surface area is 135 Å². The first-order chi connectivity index (χ1) is 11.3. The lowest BCUT2D eigenvalue weighted by Crippen LogP contribution is -2.44. The number of nitriles is 1. The maximum Gasteiger partial charge on any atom is 0.253 e. The summed E-state index contributed by atoms with van der Waals surface area (Å²) in [6.07, 6.45) is 3.22. The SMILES string of the molecule is N#Cc1ccnc(O[C@@H]2CCCN(C(=O)c3ccccc3)C2)c1. The van der Waals surface area contributed by atoms with Gasteiger partial charge in [0, 0.05) is 24.4 Å². The van der Waals surface area contributed by atoms with Gasteiger partial charge < -0.3 is 9.64 Å². The number of aromatic nitrogens is 1. The number of nitrogens with zero attached hydrogens (tertiary/aromatic N) is 3. The summed E-state index contributed by atoms with van der Waals surface area (Å²) in [5.74, 6) is 0.459. The Kier molecular flexibility index (Phi) is 4.53. The smallest absolute Gasteiger partial charge is 0.253 e. The van der Waals surface area contributed by atoms with Gasteiger partial charge in [0.1, 0.15) is 6.10 Å². The topological polar surface area (TPSA) is 66.2 Å². The van der Waals surface area contributed by atoms with Crippen LogP contribution in [0.15, 0.2) is 48.7 Å². The van der Waals surface area contributed by atoms with E-state index in [1.807, 2.05) is 35.2 Å². The number of pyridine rings is 1. The van der Waals surface area contributed by atoms with E-state index in [4.69, 9.17) is 10.00 Å². The molecule has 2 aromatic rings. The summed E-state index contributed by atoms with van der Waals surface area (Å²) in [6.45, 7) is 1.27. The number of hydrogen-bond donors (Lipinski definition) is 0. The zero-order chi connectivity index (χ0) is 16.1.